The van der Waals surface area contributed by atoms with Crippen LogP contribution in [0.3, 0.4) is 0 Å². The van der Waals surface area contributed by atoms with Crippen molar-refractivity contribution in [2.24, 2.45) is 7.05 Å². The summed E-state index contributed by atoms with van der Waals surface area (Å²) in [5, 5.41) is 1.59. The highest BCUT2D eigenvalue weighted by Crippen LogP contribution is 2.42. The molecule has 0 aliphatic rings. The largest absolute Gasteiger partial charge is 0.454 e. The smallest absolute Gasteiger partial charge is 0.219 e. The number of hydrogen-bond donors (Lipinski definition) is 0. The maximum atomic E-state index is 15.4. The van der Waals surface area contributed by atoms with Gasteiger partial charge in [-0.1, -0.05) is 66.2 Å². The molecule has 0 N–H and O–H groups in total. The molecule has 0 amide bonds. The van der Waals surface area contributed by atoms with Gasteiger partial charge in [0.05, 0.1) is 11.1 Å². The molecule has 2 aromatic heterocycles. The van der Waals surface area contributed by atoms with Gasteiger partial charge in [-0.2, -0.15) is 0 Å². The number of fused-ring (bicyclic) bond motifs is 3. The molecule has 0 atom stereocenters. The molecule has 2 heterocycles. The second-order valence-electron chi connectivity index (χ2n) is 9.49. The number of benzene rings is 4. The zero-order chi connectivity index (χ0) is 28.3. The SMILES string of the molecule is [2H]C([2H])([2H])c1ccc(-c2ccc(-c3c(F)ccc4c3oc3c(-c5cc(F)c(C)c[n+]5C)c(C)ccc34)cc2)cc1. The number of nitrogens with zero attached hydrogens (tertiary/aromatic N) is 1. The number of pyridine rings is 1. The Kier molecular flexibility index (Phi) is 4.64. The first-order valence-electron chi connectivity index (χ1n) is 13.5. The fourth-order valence-electron chi connectivity index (χ4n) is 5.06. The van der Waals surface area contributed by atoms with Crippen LogP contribution < -0.4 is 4.57 Å². The van der Waals surface area contributed by atoms with E-state index in [2.05, 4.69) is 0 Å². The van der Waals surface area contributed by atoms with Crippen molar-refractivity contribution >= 4 is 21.9 Å². The van der Waals surface area contributed by atoms with Crippen molar-refractivity contribution in [1.82, 2.24) is 0 Å². The molecule has 0 aliphatic carbocycles. The maximum Gasteiger partial charge on any atom is 0.219 e. The van der Waals surface area contributed by atoms with E-state index in [4.69, 9.17) is 8.53 Å². The Morgan fingerprint density at radius 3 is 1.95 bits per heavy atom. The zero-order valence-electron chi connectivity index (χ0n) is 23.7. The lowest BCUT2D eigenvalue weighted by atomic mass is 9.97. The Morgan fingerprint density at radius 2 is 1.27 bits per heavy atom. The molecular weight excluding hydrogens is 464 g/mol. The quantitative estimate of drug-likeness (QED) is 0.226. The van der Waals surface area contributed by atoms with E-state index in [0.29, 0.717) is 33.6 Å². The van der Waals surface area contributed by atoms with Crippen LogP contribution in [0, 0.1) is 32.3 Å². The lowest BCUT2D eigenvalue weighted by Gasteiger charge is -2.07. The summed E-state index contributed by atoms with van der Waals surface area (Å²) in [5.41, 5.74) is 6.91. The third kappa shape index (κ3) is 3.80. The van der Waals surface area contributed by atoms with E-state index in [0.717, 1.165) is 33.0 Å². The lowest BCUT2D eigenvalue weighted by Crippen LogP contribution is -2.31. The van der Waals surface area contributed by atoms with Gasteiger partial charge in [0.25, 0.3) is 0 Å². The number of aromatic nitrogens is 1. The van der Waals surface area contributed by atoms with Crippen molar-refractivity contribution in [1.29, 1.82) is 0 Å². The van der Waals surface area contributed by atoms with E-state index in [-0.39, 0.29) is 11.4 Å². The van der Waals surface area contributed by atoms with Gasteiger partial charge >= 0.3 is 0 Å². The van der Waals surface area contributed by atoms with Crippen LogP contribution in [0.15, 0.2) is 89.5 Å². The molecule has 37 heavy (non-hydrogen) atoms. The molecule has 0 fully saturated rings. The predicted molar refractivity (Wildman–Crippen MR) is 145 cm³/mol. The number of furan rings is 1. The van der Waals surface area contributed by atoms with E-state index in [1.165, 1.54) is 12.1 Å². The third-order valence-corrected chi connectivity index (χ3v) is 7.02. The summed E-state index contributed by atoms with van der Waals surface area (Å²) in [5.74, 6) is -0.716. The molecular formula is C33H26F2NO+. The topological polar surface area (TPSA) is 17.0 Å². The van der Waals surface area contributed by atoms with Crippen molar-refractivity contribution in [2.45, 2.75) is 20.7 Å². The molecule has 4 aromatic carbocycles. The average Bonchev–Trinajstić information content (AvgIpc) is 3.29. The van der Waals surface area contributed by atoms with Crippen LogP contribution in [0.2, 0.25) is 0 Å². The van der Waals surface area contributed by atoms with Gasteiger partial charge in [0.15, 0.2) is 6.20 Å². The second-order valence-corrected chi connectivity index (χ2v) is 9.49. The van der Waals surface area contributed by atoms with Crippen molar-refractivity contribution in [2.75, 3.05) is 0 Å². The first-order chi connectivity index (χ1) is 19.0. The van der Waals surface area contributed by atoms with Crippen molar-refractivity contribution < 1.29 is 21.9 Å². The third-order valence-electron chi connectivity index (χ3n) is 7.02. The predicted octanol–water partition coefficient (Wildman–Crippen LogP) is 8.61. The van der Waals surface area contributed by atoms with Gasteiger partial charge in [-0.25, -0.2) is 13.3 Å². The van der Waals surface area contributed by atoms with Crippen LogP contribution in [-0.2, 0) is 7.05 Å². The standard InChI is InChI=1S/C33H26F2NO/c1-19-5-8-22(9-6-19)23-10-12-24(13-11-23)31-27(34)16-15-26-25-14-7-20(2)30(32(25)37-33(26)31)29-17-28(35)21(3)18-36(29)4/h5-18H,1-4H3/q+1/i1D3. The lowest BCUT2D eigenvalue weighted by molar-refractivity contribution is -0.661. The average molecular weight is 494 g/mol. The van der Waals surface area contributed by atoms with Crippen LogP contribution in [-0.4, -0.2) is 0 Å². The Bertz CT molecular complexity index is 1920. The first-order valence-corrected chi connectivity index (χ1v) is 12.0. The molecule has 0 radical (unpaired) electrons. The Hall–Kier alpha value is -4.31. The van der Waals surface area contributed by atoms with Crippen molar-refractivity contribution in [3.63, 3.8) is 0 Å². The molecule has 0 aliphatic heterocycles. The Morgan fingerprint density at radius 1 is 0.676 bits per heavy atom. The van der Waals surface area contributed by atoms with E-state index in [1.54, 1.807) is 43.5 Å². The van der Waals surface area contributed by atoms with E-state index in [9.17, 15) is 4.39 Å². The van der Waals surface area contributed by atoms with Gasteiger partial charge < -0.3 is 4.42 Å². The normalized spacial score (nSPS) is 13.1. The Balaban J connectivity index is 1.50. The summed E-state index contributed by atoms with van der Waals surface area (Å²) in [6.45, 7) is 1.51. The van der Waals surface area contributed by atoms with Crippen LogP contribution in [0.1, 0.15) is 20.8 Å². The van der Waals surface area contributed by atoms with E-state index in [1.807, 2.05) is 54.9 Å². The van der Waals surface area contributed by atoms with Crippen molar-refractivity contribution in [3.05, 3.63) is 113 Å². The minimum Gasteiger partial charge on any atom is -0.454 e. The van der Waals surface area contributed by atoms with Gasteiger partial charge in [-0.05, 0) is 55.1 Å². The molecule has 4 heteroatoms. The summed E-state index contributed by atoms with van der Waals surface area (Å²) in [4.78, 5) is 0. The highest BCUT2D eigenvalue weighted by molar-refractivity contribution is 6.13. The molecule has 0 unspecified atom stereocenters. The minimum atomic E-state index is -2.16. The molecule has 0 saturated carbocycles. The van der Waals surface area contributed by atoms with Crippen LogP contribution >= 0.6 is 0 Å². The molecule has 6 aromatic rings. The highest BCUT2D eigenvalue weighted by Gasteiger charge is 2.24. The van der Waals surface area contributed by atoms with Gasteiger partial charge in [-0.15, -0.1) is 0 Å². The maximum absolute atomic E-state index is 15.4. The fourth-order valence-corrected chi connectivity index (χ4v) is 5.06. The van der Waals surface area contributed by atoms with Gasteiger partial charge in [0.2, 0.25) is 5.69 Å². The zero-order valence-corrected chi connectivity index (χ0v) is 20.7. The molecule has 0 saturated heterocycles. The van der Waals surface area contributed by atoms with Gasteiger partial charge in [-0.3, -0.25) is 0 Å². The van der Waals surface area contributed by atoms with Gasteiger partial charge in [0.1, 0.15) is 29.8 Å². The number of aryl methyl sites for hydroxylation is 4. The summed E-state index contributed by atoms with van der Waals surface area (Å²) in [7, 11) is 1.87. The summed E-state index contributed by atoms with van der Waals surface area (Å²) >= 11 is 0. The summed E-state index contributed by atoms with van der Waals surface area (Å²) in [6, 6.07) is 22.8. The van der Waals surface area contributed by atoms with Crippen LogP contribution in [0.4, 0.5) is 8.78 Å². The second kappa shape index (κ2) is 8.67. The Labute approximate surface area is 218 Å². The van der Waals surface area contributed by atoms with E-state index >= 15 is 4.39 Å². The minimum absolute atomic E-state index is 0.281. The summed E-state index contributed by atoms with van der Waals surface area (Å²) < 4.78 is 61.1. The number of hydrogen-bond acceptors (Lipinski definition) is 1. The number of halogens is 2. The first kappa shape index (κ1) is 19.8. The van der Waals surface area contributed by atoms with Gasteiger partial charge in [0, 0.05) is 26.5 Å². The molecule has 0 spiro atoms. The molecule has 2 nitrogen and oxygen atoms in total. The monoisotopic (exact) mass is 493 g/mol. The molecule has 6 rings (SSSR count). The molecule has 0 bridgehead atoms. The molecule has 182 valence electrons. The van der Waals surface area contributed by atoms with E-state index < -0.39 is 12.7 Å². The number of rotatable bonds is 3. The highest BCUT2D eigenvalue weighted by atomic mass is 19.1. The van der Waals surface area contributed by atoms with Crippen LogP contribution in [0.5, 0.6) is 0 Å². The van der Waals surface area contributed by atoms with Crippen molar-refractivity contribution in [3.8, 4) is 33.5 Å². The van der Waals surface area contributed by atoms with Crippen LogP contribution in [0.25, 0.3) is 55.4 Å². The fraction of sp³-hybridized carbons (Fsp3) is 0.121. The summed E-state index contributed by atoms with van der Waals surface area (Å²) in [6.07, 6.45) is 1.74.